The van der Waals surface area contributed by atoms with E-state index in [4.69, 9.17) is 11.6 Å². The van der Waals surface area contributed by atoms with Crippen LogP contribution in [0.25, 0.3) is 0 Å². The highest BCUT2D eigenvalue weighted by molar-refractivity contribution is 6.31. The van der Waals surface area contributed by atoms with Crippen molar-refractivity contribution in [3.8, 4) is 0 Å². The molecule has 0 unspecified atom stereocenters. The molecule has 3 heterocycles. The topological polar surface area (TPSA) is 107 Å². The van der Waals surface area contributed by atoms with E-state index in [0.717, 1.165) is 31.5 Å². The summed E-state index contributed by atoms with van der Waals surface area (Å²) in [5.74, 6) is -0.639. The zero-order valence-electron chi connectivity index (χ0n) is 16.9. The Labute approximate surface area is 179 Å². The SMILES string of the molecule is Cc1c(Cl)cccc1NC(=O)[C@@H]1CC(=O)Nc2nc(N3CCC[C@H](C)C3)[nH]c(=O)c21. The number of carbonyl (C=O) groups excluding carboxylic acids is 2. The second kappa shape index (κ2) is 8.10. The summed E-state index contributed by atoms with van der Waals surface area (Å²) in [4.78, 5) is 47.5. The lowest BCUT2D eigenvalue weighted by Crippen LogP contribution is -2.40. The summed E-state index contributed by atoms with van der Waals surface area (Å²) in [6.07, 6.45) is 2.02. The number of nitrogens with one attached hydrogen (secondary N) is 3. The van der Waals surface area contributed by atoms with E-state index < -0.39 is 17.4 Å². The fraction of sp³-hybridized carbons (Fsp3) is 0.429. The number of halogens is 1. The average molecular weight is 430 g/mol. The predicted molar refractivity (Wildman–Crippen MR) is 116 cm³/mol. The van der Waals surface area contributed by atoms with Crippen LogP contribution < -0.4 is 21.1 Å². The van der Waals surface area contributed by atoms with Crippen LogP contribution in [-0.2, 0) is 9.59 Å². The Hall–Kier alpha value is -2.87. The van der Waals surface area contributed by atoms with Crippen LogP contribution in [0.4, 0.5) is 17.5 Å². The number of carbonyl (C=O) groups is 2. The highest BCUT2D eigenvalue weighted by atomic mass is 35.5. The first-order valence-electron chi connectivity index (χ1n) is 10.1. The van der Waals surface area contributed by atoms with Gasteiger partial charge in [-0.2, -0.15) is 4.98 Å². The van der Waals surface area contributed by atoms with Gasteiger partial charge >= 0.3 is 0 Å². The zero-order chi connectivity index (χ0) is 21.4. The first kappa shape index (κ1) is 20.4. The van der Waals surface area contributed by atoms with E-state index in [1.54, 1.807) is 25.1 Å². The van der Waals surface area contributed by atoms with Gasteiger partial charge < -0.3 is 15.5 Å². The minimum Gasteiger partial charge on any atom is -0.342 e. The van der Waals surface area contributed by atoms with E-state index in [1.165, 1.54) is 0 Å². The fourth-order valence-corrected chi connectivity index (χ4v) is 4.25. The third-order valence-electron chi connectivity index (χ3n) is 5.74. The summed E-state index contributed by atoms with van der Waals surface area (Å²) in [7, 11) is 0. The van der Waals surface area contributed by atoms with E-state index in [0.29, 0.717) is 22.6 Å². The van der Waals surface area contributed by atoms with Gasteiger partial charge in [-0.05, 0) is 43.4 Å². The van der Waals surface area contributed by atoms with Crippen molar-refractivity contribution in [1.82, 2.24) is 9.97 Å². The molecule has 0 spiro atoms. The van der Waals surface area contributed by atoms with E-state index in [-0.39, 0.29) is 23.7 Å². The van der Waals surface area contributed by atoms with Crippen molar-refractivity contribution in [3.63, 3.8) is 0 Å². The molecule has 1 aromatic carbocycles. The molecule has 8 nitrogen and oxygen atoms in total. The molecule has 2 aliphatic heterocycles. The molecule has 0 aliphatic carbocycles. The van der Waals surface area contributed by atoms with Gasteiger partial charge in [-0.15, -0.1) is 0 Å². The van der Waals surface area contributed by atoms with Gasteiger partial charge in [0.1, 0.15) is 5.82 Å². The van der Waals surface area contributed by atoms with E-state index in [9.17, 15) is 14.4 Å². The normalized spacial score (nSPS) is 21.0. The predicted octanol–water partition coefficient (Wildman–Crippen LogP) is 3.03. The van der Waals surface area contributed by atoms with Crippen LogP contribution in [0.1, 0.15) is 43.2 Å². The number of H-pyrrole nitrogens is 1. The molecular weight excluding hydrogens is 406 g/mol. The number of hydrogen-bond donors (Lipinski definition) is 3. The first-order valence-corrected chi connectivity index (χ1v) is 10.5. The third-order valence-corrected chi connectivity index (χ3v) is 6.15. The summed E-state index contributed by atoms with van der Waals surface area (Å²) in [5, 5.41) is 5.98. The molecule has 1 fully saturated rings. The van der Waals surface area contributed by atoms with Crippen molar-refractivity contribution in [2.24, 2.45) is 5.92 Å². The quantitative estimate of drug-likeness (QED) is 0.695. The Kier molecular flexibility index (Phi) is 5.51. The van der Waals surface area contributed by atoms with Gasteiger partial charge in [0, 0.05) is 30.2 Å². The van der Waals surface area contributed by atoms with Gasteiger partial charge in [0.2, 0.25) is 17.8 Å². The molecule has 0 saturated carbocycles. The largest absolute Gasteiger partial charge is 0.342 e. The number of piperidine rings is 1. The number of fused-ring (bicyclic) bond motifs is 1. The molecule has 2 aliphatic rings. The lowest BCUT2D eigenvalue weighted by atomic mass is 9.92. The number of aromatic amines is 1. The lowest BCUT2D eigenvalue weighted by molar-refractivity contribution is -0.123. The average Bonchev–Trinajstić information content (AvgIpc) is 2.70. The molecule has 4 rings (SSSR count). The van der Waals surface area contributed by atoms with E-state index >= 15 is 0 Å². The zero-order valence-corrected chi connectivity index (χ0v) is 17.7. The molecule has 1 saturated heterocycles. The molecule has 3 N–H and O–H groups in total. The minimum absolute atomic E-state index is 0.122. The lowest BCUT2D eigenvalue weighted by Gasteiger charge is -2.32. The van der Waals surface area contributed by atoms with Gasteiger partial charge in [-0.1, -0.05) is 24.6 Å². The van der Waals surface area contributed by atoms with Gasteiger partial charge in [0.05, 0.1) is 11.5 Å². The molecule has 2 atom stereocenters. The number of benzene rings is 1. The molecule has 1 aromatic heterocycles. The van der Waals surface area contributed by atoms with Gasteiger partial charge in [-0.25, -0.2) is 0 Å². The second-order valence-corrected chi connectivity index (χ2v) is 8.46. The molecule has 0 bridgehead atoms. The maximum absolute atomic E-state index is 13.0. The smallest absolute Gasteiger partial charge is 0.258 e. The third kappa shape index (κ3) is 3.92. The Balaban J connectivity index is 1.66. The summed E-state index contributed by atoms with van der Waals surface area (Å²) in [5.41, 5.74) is 1.04. The van der Waals surface area contributed by atoms with Crippen molar-refractivity contribution in [2.75, 3.05) is 28.6 Å². The van der Waals surface area contributed by atoms with Crippen LogP contribution in [0.3, 0.4) is 0 Å². The fourth-order valence-electron chi connectivity index (χ4n) is 4.08. The van der Waals surface area contributed by atoms with Crippen molar-refractivity contribution >= 4 is 40.9 Å². The number of anilines is 3. The van der Waals surface area contributed by atoms with Crippen LogP contribution in [-0.4, -0.2) is 34.9 Å². The van der Waals surface area contributed by atoms with Crippen molar-refractivity contribution < 1.29 is 9.59 Å². The van der Waals surface area contributed by atoms with Crippen LogP contribution in [0.15, 0.2) is 23.0 Å². The Morgan fingerprint density at radius 2 is 2.13 bits per heavy atom. The summed E-state index contributed by atoms with van der Waals surface area (Å²) >= 11 is 6.13. The first-order chi connectivity index (χ1) is 14.3. The van der Waals surface area contributed by atoms with Gasteiger partial charge in [0.15, 0.2) is 0 Å². The minimum atomic E-state index is -0.933. The maximum atomic E-state index is 13.0. The van der Waals surface area contributed by atoms with Crippen LogP contribution in [0.2, 0.25) is 5.02 Å². The molecular formula is C21H24ClN5O3. The number of nitrogens with zero attached hydrogens (tertiary/aromatic N) is 2. The highest BCUT2D eigenvalue weighted by Crippen LogP contribution is 2.32. The molecule has 158 valence electrons. The molecule has 2 aromatic rings. The van der Waals surface area contributed by atoms with Gasteiger partial charge in [0.25, 0.3) is 5.56 Å². The number of hydrogen-bond acceptors (Lipinski definition) is 5. The molecule has 0 radical (unpaired) electrons. The van der Waals surface area contributed by atoms with Crippen LogP contribution in [0.5, 0.6) is 0 Å². The standard InChI is InChI=1S/C21H24ClN5O3/c1-11-5-4-8-27(10-11)21-25-18-17(20(30)26-21)13(9-16(28)24-18)19(29)23-15-7-3-6-14(22)12(15)2/h3,6-7,11,13H,4-5,8-10H2,1-2H3,(H,23,29)(H2,24,25,26,28,30)/t11-,13+/m0/s1. The maximum Gasteiger partial charge on any atom is 0.258 e. The van der Waals surface area contributed by atoms with Crippen LogP contribution >= 0.6 is 11.6 Å². The molecule has 30 heavy (non-hydrogen) atoms. The number of amides is 2. The number of aromatic nitrogens is 2. The summed E-state index contributed by atoms with van der Waals surface area (Å²) in [6, 6.07) is 5.19. The van der Waals surface area contributed by atoms with Crippen LogP contribution in [0, 0.1) is 12.8 Å². The Morgan fingerprint density at radius 3 is 2.90 bits per heavy atom. The Bertz CT molecular complexity index is 1070. The summed E-state index contributed by atoms with van der Waals surface area (Å²) < 4.78 is 0. The number of rotatable bonds is 3. The molecule has 9 heteroatoms. The molecule has 2 amide bonds. The summed E-state index contributed by atoms with van der Waals surface area (Å²) in [6.45, 7) is 5.52. The van der Waals surface area contributed by atoms with Crippen molar-refractivity contribution in [1.29, 1.82) is 0 Å². The van der Waals surface area contributed by atoms with Crippen molar-refractivity contribution in [2.45, 2.75) is 39.0 Å². The van der Waals surface area contributed by atoms with E-state index in [2.05, 4.69) is 27.5 Å². The highest BCUT2D eigenvalue weighted by Gasteiger charge is 2.35. The van der Waals surface area contributed by atoms with Gasteiger partial charge in [-0.3, -0.25) is 19.4 Å². The van der Waals surface area contributed by atoms with E-state index in [1.807, 2.05) is 4.90 Å². The monoisotopic (exact) mass is 429 g/mol. The second-order valence-electron chi connectivity index (χ2n) is 8.05. The van der Waals surface area contributed by atoms with Crippen molar-refractivity contribution in [3.05, 3.63) is 44.7 Å². The Morgan fingerprint density at radius 1 is 1.33 bits per heavy atom.